The topological polar surface area (TPSA) is 61.5 Å². The van der Waals surface area contributed by atoms with Gasteiger partial charge in [0.1, 0.15) is 0 Å². The minimum atomic E-state index is -0.175. The zero-order valence-electron chi connectivity index (χ0n) is 10.4. The fourth-order valence-electron chi connectivity index (χ4n) is 1.50. The lowest BCUT2D eigenvalue weighted by atomic mass is 10.2. The van der Waals surface area contributed by atoms with Crippen LogP contribution in [0.1, 0.15) is 25.7 Å². The van der Waals surface area contributed by atoms with Crippen LogP contribution in [0, 0.1) is 0 Å². The molecule has 0 atom stereocenters. The number of halogens is 1. The molecule has 0 fully saturated rings. The molecule has 0 aliphatic carbocycles. The normalized spacial score (nSPS) is 10.1. The number of carbonyl (C=O) groups is 1. The van der Waals surface area contributed by atoms with Crippen molar-refractivity contribution >= 4 is 23.3 Å². The third-order valence-corrected chi connectivity index (χ3v) is 2.79. The van der Waals surface area contributed by atoms with Gasteiger partial charge in [0.2, 0.25) is 0 Å². The standard InChI is InChI=1S/C13H18ClNO3/c1-17-12(16)8-3-2-4-9-18-13-10(14)6-5-7-11(13)15/h5-7H,2-4,8-9,15H2,1H3. The molecule has 0 amide bonds. The Kier molecular flexibility index (Phi) is 6.36. The van der Waals surface area contributed by atoms with E-state index in [2.05, 4.69) is 4.74 Å². The maximum Gasteiger partial charge on any atom is 0.305 e. The summed E-state index contributed by atoms with van der Waals surface area (Å²) in [5.41, 5.74) is 6.29. The zero-order chi connectivity index (χ0) is 13.4. The lowest BCUT2D eigenvalue weighted by molar-refractivity contribution is -0.140. The number of hydrogen-bond acceptors (Lipinski definition) is 4. The Morgan fingerprint density at radius 2 is 2.11 bits per heavy atom. The number of nitrogen functional groups attached to an aromatic ring is 1. The molecule has 0 unspecified atom stereocenters. The van der Waals surface area contributed by atoms with Crippen LogP contribution in [0.5, 0.6) is 5.75 Å². The molecule has 0 spiro atoms. The molecule has 0 aliphatic rings. The van der Waals surface area contributed by atoms with Crippen molar-refractivity contribution in [2.24, 2.45) is 0 Å². The van der Waals surface area contributed by atoms with Gasteiger partial charge in [0.15, 0.2) is 5.75 Å². The molecule has 18 heavy (non-hydrogen) atoms. The Labute approximate surface area is 112 Å². The van der Waals surface area contributed by atoms with Crippen molar-refractivity contribution in [1.29, 1.82) is 0 Å². The highest BCUT2D eigenvalue weighted by Crippen LogP contribution is 2.30. The van der Waals surface area contributed by atoms with E-state index in [-0.39, 0.29) is 5.97 Å². The Bertz CT molecular complexity index is 376. The number of carbonyl (C=O) groups excluding carboxylic acids is 1. The second-order valence-electron chi connectivity index (χ2n) is 3.89. The highest BCUT2D eigenvalue weighted by Gasteiger charge is 2.05. The van der Waals surface area contributed by atoms with Crippen molar-refractivity contribution in [2.45, 2.75) is 25.7 Å². The van der Waals surface area contributed by atoms with Gasteiger partial charge in [0, 0.05) is 6.42 Å². The number of nitrogens with two attached hydrogens (primary N) is 1. The summed E-state index contributed by atoms with van der Waals surface area (Å²) >= 11 is 5.96. The smallest absolute Gasteiger partial charge is 0.305 e. The van der Waals surface area contributed by atoms with E-state index >= 15 is 0 Å². The van der Waals surface area contributed by atoms with Crippen molar-refractivity contribution in [1.82, 2.24) is 0 Å². The van der Waals surface area contributed by atoms with E-state index in [1.165, 1.54) is 7.11 Å². The number of unbranched alkanes of at least 4 members (excludes halogenated alkanes) is 2. The summed E-state index contributed by atoms with van der Waals surface area (Å²) in [5.74, 6) is 0.360. The third kappa shape index (κ3) is 4.84. The molecule has 0 aliphatic heterocycles. The average molecular weight is 272 g/mol. The number of methoxy groups -OCH3 is 1. The predicted octanol–water partition coefficient (Wildman–Crippen LogP) is 3.03. The van der Waals surface area contributed by atoms with Gasteiger partial charge >= 0.3 is 5.97 Å². The van der Waals surface area contributed by atoms with Gasteiger partial charge < -0.3 is 15.2 Å². The lowest BCUT2D eigenvalue weighted by Crippen LogP contribution is -2.02. The molecule has 0 saturated heterocycles. The summed E-state index contributed by atoms with van der Waals surface area (Å²) in [5, 5.41) is 0.518. The van der Waals surface area contributed by atoms with Crippen LogP contribution in [0.4, 0.5) is 5.69 Å². The molecule has 1 aromatic carbocycles. The molecule has 0 heterocycles. The van der Waals surface area contributed by atoms with E-state index < -0.39 is 0 Å². The molecule has 0 saturated carbocycles. The maximum absolute atomic E-state index is 10.9. The molecular formula is C13H18ClNO3. The second-order valence-corrected chi connectivity index (χ2v) is 4.30. The highest BCUT2D eigenvalue weighted by molar-refractivity contribution is 6.32. The summed E-state index contributed by atoms with van der Waals surface area (Å²) in [7, 11) is 1.39. The predicted molar refractivity (Wildman–Crippen MR) is 71.8 cm³/mol. The first-order valence-electron chi connectivity index (χ1n) is 5.88. The molecule has 0 bridgehead atoms. The lowest BCUT2D eigenvalue weighted by Gasteiger charge is -2.10. The van der Waals surface area contributed by atoms with Gasteiger partial charge in [-0.2, -0.15) is 0 Å². The first kappa shape index (κ1) is 14.6. The summed E-state index contributed by atoms with van der Waals surface area (Å²) in [6.45, 7) is 0.537. The number of hydrogen-bond donors (Lipinski definition) is 1. The number of para-hydroxylation sites is 1. The monoisotopic (exact) mass is 271 g/mol. The molecule has 2 N–H and O–H groups in total. The van der Waals surface area contributed by atoms with Gasteiger partial charge in [-0.1, -0.05) is 17.7 Å². The van der Waals surface area contributed by atoms with Gasteiger partial charge in [-0.05, 0) is 31.4 Å². The van der Waals surface area contributed by atoms with Gasteiger partial charge in [-0.25, -0.2) is 0 Å². The van der Waals surface area contributed by atoms with Crippen LogP contribution in [-0.4, -0.2) is 19.7 Å². The van der Waals surface area contributed by atoms with Crippen LogP contribution in [0.2, 0.25) is 5.02 Å². The minimum Gasteiger partial charge on any atom is -0.490 e. The molecule has 100 valence electrons. The number of rotatable bonds is 7. The van der Waals surface area contributed by atoms with Crippen molar-refractivity contribution < 1.29 is 14.3 Å². The molecule has 0 radical (unpaired) electrons. The molecule has 1 rings (SSSR count). The average Bonchev–Trinajstić information content (AvgIpc) is 2.36. The van der Waals surface area contributed by atoms with Crippen molar-refractivity contribution in [3.8, 4) is 5.75 Å². The number of anilines is 1. The van der Waals surface area contributed by atoms with Crippen LogP contribution >= 0.6 is 11.6 Å². The molecule has 0 aromatic heterocycles. The van der Waals surface area contributed by atoms with E-state index in [0.29, 0.717) is 29.5 Å². The first-order chi connectivity index (χ1) is 8.65. The highest BCUT2D eigenvalue weighted by atomic mass is 35.5. The zero-order valence-corrected chi connectivity index (χ0v) is 11.2. The van der Waals surface area contributed by atoms with Gasteiger partial charge in [0.25, 0.3) is 0 Å². The van der Waals surface area contributed by atoms with Crippen LogP contribution in [0.3, 0.4) is 0 Å². The van der Waals surface area contributed by atoms with Crippen LogP contribution in [0.25, 0.3) is 0 Å². The summed E-state index contributed by atoms with van der Waals surface area (Å²) in [4.78, 5) is 10.9. The Morgan fingerprint density at radius 3 is 2.78 bits per heavy atom. The number of benzene rings is 1. The molecule has 5 heteroatoms. The summed E-state index contributed by atoms with van der Waals surface area (Å²) < 4.78 is 10.1. The van der Waals surface area contributed by atoms with Crippen molar-refractivity contribution in [3.05, 3.63) is 23.2 Å². The Hall–Kier alpha value is -1.42. The van der Waals surface area contributed by atoms with E-state index in [1.54, 1.807) is 18.2 Å². The van der Waals surface area contributed by atoms with E-state index in [1.807, 2.05) is 0 Å². The van der Waals surface area contributed by atoms with Gasteiger partial charge in [-0.15, -0.1) is 0 Å². The Balaban J connectivity index is 2.20. The minimum absolute atomic E-state index is 0.175. The van der Waals surface area contributed by atoms with E-state index in [4.69, 9.17) is 22.1 Å². The van der Waals surface area contributed by atoms with Crippen molar-refractivity contribution in [2.75, 3.05) is 19.5 Å². The SMILES string of the molecule is COC(=O)CCCCCOc1c(N)cccc1Cl. The van der Waals surface area contributed by atoms with Gasteiger partial charge in [0.05, 0.1) is 24.4 Å². The summed E-state index contributed by atoms with van der Waals surface area (Å²) in [6, 6.07) is 5.27. The maximum atomic E-state index is 10.9. The molecule has 1 aromatic rings. The molecule has 4 nitrogen and oxygen atoms in total. The molecular weight excluding hydrogens is 254 g/mol. The van der Waals surface area contributed by atoms with E-state index in [0.717, 1.165) is 19.3 Å². The van der Waals surface area contributed by atoms with Crippen molar-refractivity contribution in [3.63, 3.8) is 0 Å². The largest absolute Gasteiger partial charge is 0.490 e. The van der Waals surface area contributed by atoms with Crippen LogP contribution < -0.4 is 10.5 Å². The Morgan fingerprint density at radius 1 is 1.33 bits per heavy atom. The fraction of sp³-hybridized carbons (Fsp3) is 0.462. The first-order valence-corrected chi connectivity index (χ1v) is 6.26. The number of esters is 1. The quantitative estimate of drug-likeness (QED) is 0.470. The van der Waals surface area contributed by atoms with Gasteiger partial charge in [-0.3, -0.25) is 4.79 Å². The fourth-order valence-corrected chi connectivity index (χ4v) is 1.74. The van der Waals surface area contributed by atoms with Crippen LogP contribution in [0.15, 0.2) is 18.2 Å². The number of ether oxygens (including phenoxy) is 2. The summed E-state index contributed by atoms with van der Waals surface area (Å²) in [6.07, 6.45) is 3.00. The van der Waals surface area contributed by atoms with E-state index in [9.17, 15) is 4.79 Å². The van der Waals surface area contributed by atoms with Crippen LogP contribution in [-0.2, 0) is 9.53 Å². The second kappa shape index (κ2) is 7.82. The third-order valence-electron chi connectivity index (χ3n) is 2.50.